The van der Waals surface area contributed by atoms with Crippen molar-refractivity contribution in [2.45, 2.75) is 63.6 Å². The van der Waals surface area contributed by atoms with Crippen molar-refractivity contribution < 1.29 is 14.4 Å². The van der Waals surface area contributed by atoms with Crippen LogP contribution in [0.3, 0.4) is 0 Å². The maximum Gasteiger partial charge on any atom is 0.274 e. The molecule has 3 heterocycles. The van der Waals surface area contributed by atoms with Crippen molar-refractivity contribution in [1.29, 1.82) is 0 Å². The molecule has 5 rings (SSSR count). The summed E-state index contributed by atoms with van der Waals surface area (Å²) in [6.45, 7) is 3.27. The van der Waals surface area contributed by atoms with Gasteiger partial charge in [0, 0.05) is 44.3 Å². The number of aromatic nitrogens is 3. The molecule has 216 valence electrons. The number of likely N-dealkylation sites (N-methyl/N-ethyl adjacent to an activating group) is 1. The van der Waals surface area contributed by atoms with Crippen LogP contribution in [0.15, 0.2) is 66.6 Å². The van der Waals surface area contributed by atoms with E-state index in [0.29, 0.717) is 37.5 Å². The van der Waals surface area contributed by atoms with Crippen LogP contribution in [0.2, 0.25) is 0 Å². The van der Waals surface area contributed by atoms with Gasteiger partial charge in [0.2, 0.25) is 17.6 Å². The summed E-state index contributed by atoms with van der Waals surface area (Å²) in [4.78, 5) is 53.1. The van der Waals surface area contributed by atoms with Crippen LogP contribution in [0.1, 0.15) is 55.1 Å². The summed E-state index contributed by atoms with van der Waals surface area (Å²) in [7, 11) is 1.73. The van der Waals surface area contributed by atoms with Crippen LogP contribution >= 0.6 is 0 Å². The molecule has 3 aromatic rings. The fourth-order valence-electron chi connectivity index (χ4n) is 5.68. The molecule has 0 radical (unpaired) electrons. The number of carbonyl (C=O) groups excluding carboxylic acids is 3. The Morgan fingerprint density at radius 3 is 2.71 bits per heavy atom. The molecule has 1 fully saturated rings. The van der Waals surface area contributed by atoms with Gasteiger partial charge in [-0.3, -0.25) is 18.8 Å². The Labute approximate surface area is 240 Å². The zero-order chi connectivity index (χ0) is 28.8. The number of nitrogens with one attached hydrogen (secondary N) is 2. The molecule has 41 heavy (non-hydrogen) atoms. The van der Waals surface area contributed by atoms with Gasteiger partial charge in [-0.05, 0) is 69.7 Å². The minimum atomic E-state index is -0.681. The van der Waals surface area contributed by atoms with E-state index in [1.807, 2.05) is 34.2 Å². The average molecular weight is 558 g/mol. The summed E-state index contributed by atoms with van der Waals surface area (Å²) in [6.07, 6.45) is 12.3. The number of likely N-dealkylation sites (tertiary alicyclic amines) is 1. The summed E-state index contributed by atoms with van der Waals surface area (Å²) in [6, 6.07) is 10.6. The molecule has 3 amide bonds. The number of imidazole rings is 1. The Kier molecular flexibility index (Phi) is 9.08. The number of benzene rings is 1. The molecule has 0 spiro atoms. The van der Waals surface area contributed by atoms with Crippen molar-refractivity contribution in [3.05, 3.63) is 77.9 Å². The lowest BCUT2D eigenvalue weighted by Gasteiger charge is -2.33. The first-order valence-corrected chi connectivity index (χ1v) is 14.5. The van der Waals surface area contributed by atoms with Gasteiger partial charge in [-0.1, -0.05) is 36.4 Å². The lowest BCUT2D eigenvalue weighted by atomic mass is 10.0. The number of rotatable bonds is 11. The van der Waals surface area contributed by atoms with E-state index in [0.717, 1.165) is 43.2 Å². The largest absolute Gasteiger partial charge is 0.339 e. The minimum absolute atomic E-state index is 0.0929. The normalized spacial score (nSPS) is 18.2. The van der Waals surface area contributed by atoms with Gasteiger partial charge in [0.25, 0.3) is 5.91 Å². The molecule has 0 bridgehead atoms. The molecule has 0 unspecified atom stereocenters. The Hall–Kier alpha value is -4.05. The highest BCUT2D eigenvalue weighted by molar-refractivity contribution is 5.93. The maximum absolute atomic E-state index is 14.0. The zero-order valence-corrected chi connectivity index (χ0v) is 23.8. The molecule has 10 nitrogen and oxygen atoms in total. The average Bonchev–Trinajstić information content (AvgIpc) is 3.78. The Morgan fingerprint density at radius 2 is 1.98 bits per heavy atom. The van der Waals surface area contributed by atoms with Crippen molar-refractivity contribution in [2.75, 3.05) is 26.7 Å². The van der Waals surface area contributed by atoms with Crippen molar-refractivity contribution in [3.8, 4) is 0 Å². The fourth-order valence-corrected chi connectivity index (χ4v) is 5.68. The highest BCUT2D eigenvalue weighted by Gasteiger charge is 2.38. The number of hydrogen-bond acceptors (Lipinski definition) is 6. The second-order valence-corrected chi connectivity index (χ2v) is 10.9. The first-order chi connectivity index (χ1) is 19.9. The number of fused-ring (bicyclic) bond motifs is 1. The smallest absolute Gasteiger partial charge is 0.274 e. The predicted octanol–water partition coefficient (Wildman–Crippen LogP) is 2.61. The first kappa shape index (κ1) is 28.5. The molecule has 10 heteroatoms. The van der Waals surface area contributed by atoms with Gasteiger partial charge in [0.1, 0.15) is 11.7 Å². The van der Waals surface area contributed by atoms with Crippen molar-refractivity contribution in [3.63, 3.8) is 0 Å². The lowest BCUT2D eigenvalue weighted by molar-refractivity contribution is -0.136. The van der Waals surface area contributed by atoms with Crippen LogP contribution in [-0.2, 0) is 16.0 Å². The van der Waals surface area contributed by atoms with Crippen LogP contribution < -0.4 is 10.6 Å². The first-order valence-electron chi connectivity index (χ1n) is 14.5. The van der Waals surface area contributed by atoms with E-state index in [2.05, 4.69) is 38.8 Å². The van der Waals surface area contributed by atoms with E-state index < -0.39 is 12.1 Å². The SMILES string of the molecule is CN[C@@H](C)C(=O)N[C@H](C(=O)N1CCC[C@H]1CN(CCc1ccccc1)C(=O)c1cn2cccnc2n1)C1=CCCC1. The van der Waals surface area contributed by atoms with Gasteiger partial charge in [-0.25, -0.2) is 9.97 Å². The van der Waals surface area contributed by atoms with E-state index >= 15 is 0 Å². The molecule has 2 N–H and O–H groups in total. The summed E-state index contributed by atoms with van der Waals surface area (Å²) < 4.78 is 1.74. The molecule has 1 aliphatic heterocycles. The fraction of sp³-hybridized carbons (Fsp3) is 0.452. The third kappa shape index (κ3) is 6.65. The van der Waals surface area contributed by atoms with Crippen LogP contribution in [0, 0.1) is 0 Å². The third-order valence-electron chi connectivity index (χ3n) is 8.15. The summed E-state index contributed by atoms with van der Waals surface area (Å²) in [5.41, 5.74) is 2.44. The number of carbonyl (C=O) groups is 3. The second kappa shape index (κ2) is 13.1. The number of nitrogens with zero attached hydrogens (tertiary/aromatic N) is 5. The van der Waals surface area contributed by atoms with Crippen LogP contribution in [0.4, 0.5) is 0 Å². The topological polar surface area (TPSA) is 112 Å². The van der Waals surface area contributed by atoms with Gasteiger partial charge in [-0.2, -0.15) is 0 Å². The van der Waals surface area contributed by atoms with Gasteiger partial charge in [0.05, 0.1) is 6.04 Å². The monoisotopic (exact) mass is 557 g/mol. The molecular formula is C31H39N7O3. The lowest BCUT2D eigenvalue weighted by Crippen LogP contribution is -2.55. The summed E-state index contributed by atoms with van der Waals surface area (Å²) in [5, 5.41) is 5.97. The van der Waals surface area contributed by atoms with Gasteiger partial charge in [-0.15, -0.1) is 0 Å². The quantitative estimate of drug-likeness (QED) is 0.351. The summed E-state index contributed by atoms with van der Waals surface area (Å²) in [5.74, 6) is -0.00751. The highest BCUT2D eigenvalue weighted by atomic mass is 16.2. The van der Waals surface area contributed by atoms with Crippen molar-refractivity contribution in [2.24, 2.45) is 0 Å². The van der Waals surface area contributed by atoms with E-state index in [4.69, 9.17) is 0 Å². The Balaban J connectivity index is 1.37. The highest BCUT2D eigenvalue weighted by Crippen LogP contribution is 2.26. The number of allylic oxidation sites excluding steroid dienone is 1. The van der Waals surface area contributed by atoms with E-state index in [1.165, 1.54) is 0 Å². The number of amides is 3. The van der Waals surface area contributed by atoms with Gasteiger partial charge < -0.3 is 20.4 Å². The number of hydrogen-bond donors (Lipinski definition) is 2. The second-order valence-electron chi connectivity index (χ2n) is 10.9. The van der Waals surface area contributed by atoms with E-state index in [9.17, 15) is 14.4 Å². The predicted molar refractivity (Wildman–Crippen MR) is 156 cm³/mol. The third-order valence-corrected chi connectivity index (χ3v) is 8.15. The van der Waals surface area contributed by atoms with Crippen LogP contribution in [0.25, 0.3) is 5.78 Å². The van der Waals surface area contributed by atoms with Crippen LogP contribution in [-0.4, -0.2) is 86.7 Å². The van der Waals surface area contributed by atoms with Crippen molar-refractivity contribution in [1.82, 2.24) is 34.8 Å². The zero-order valence-electron chi connectivity index (χ0n) is 23.8. The maximum atomic E-state index is 14.0. The van der Waals surface area contributed by atoms with Gasteiger partial charge in [0.15, 0.2) is 0 Å². The molecule has 1 aromatic carbocycles. The Morgan fingerprint density at radius 1 is 1.15 bits per heavy atom. The van der Waals surface area contributed by atoms with Gasteiger partial charge >= 0.3 is 0 Å². The molecule has 3 atom stereocenters. The molecule has 2 aliphatic rings. The van der Waals surface area contributed by atoms with E-state index in [1.54, 1.807) is 36.8 Å². The Bertz CT molecular complexity index is 1370. The molecule has 1 aliphatic carbocycles. The molecule has 1 saturated heterocycles. The van der Waals surface area contributed by atoms with Crippen LogP contribution in [0.5, 0.6) is 0 Å². The molecule has 2 aromatic heterocycles. The van der Waals surface area contributed by atoms with Crippen molar-refractivity contribution >= 4 is 23.5 Å². The molecule has 0 saturated carbocycles. The molecular weight excluding hydrogens is 518 g/mol. The minimum Gasteiger partial charge on any atom is -0.339 e. The standard InChI is InChI=1S/C31H39N7O3/c1-22(32-2)28(39)35-27(24-12-6-7-13-24)30(41)38-18-8-14-25(38)20-36(19-15-23-10-4-3-5-11-23)29(40)26-21-37-17-9-16-33-31(37)34-26/h3-5,9-12,16-17,21-22,25,27,32H,6-8,13-15,18-20H2,1-2H3,(H,35,39)/t22-,25-,27-/m0/s1. The summed E-state index contributed by atoms with van der Waals surface area (Å²) >= 11 is 0. The van der Waals surface area contributed by atoms with E-state index in [-0.39, 0.29) is 23.8 Å².